The molecule has 0 aromatic heterocycles. The molecule has 0 aliphatic carbocycles. The van der Waals surface area contributed by atoms with Crippen LogP contribution < -0.4 is 5.43 Å². The van der Waals surface area contributed by atoms with Crippen molar-refractivity contribution in [3.05, 3.63) is 71.8 Å². The van der Waals surface area contributed by atoms with Crippen molar-refractivity contribution in [3.8, 4) is 0 Å². The van der Waals surface area contributed by atoms with E-state index in [-0.39, 0.29) is 0 Å². The Morgan fingerprint density at radius 2 is 1.55 bits per heavy atom. The summed E-state index contributed by atoms with van der Waals surface area (Å²) in [6, 6.07) is 17.8. The average molecular weight is 290 g/mol. The van der Waals surface area contributed by atoms with Crippen LogP contribution in [0.25, 0.3) is 0 Å². The standard InChI is InChI=1S/C14H15N2O3P/c17-20(18,19)14(13-9-5-2-6-10-13)16-15-11-12-7-3-1-4-8-12/h1-11,14,16H,(H2,17,18,19)/b15-11+. The number of nitrogens with one attached hydrogen (secondary N) is 1. The summed E-state index contributed by atoms with van der Waals surface area (Å²) in [6.07, 6.45) is 1.52. The summed E-state index contributed by atoms with van der Waals surface area (Å²) in [5.74, 6) is -1.15. The van der Waals surface area contributed by atoms with E-state index in [2.05, 4.69) is 10.5 Å². The van der Waals surface area contributed by atoms with Crippen molar-refractivity contribution >= 4 is 13.8 Å². The molecule has 1 unspecified atom stereocenters. The van der Waals surface area contributed by atoms with Gasteiger partial charge in [-0.25, -0.2) is 0 Å². The molecule has 0 radical (unpaired) electrons. The zero-order valence-corrected chi connectivity index (χ0v) is 11.5. The predicted molar refractivity (Wildman–Crippen MR) is 78.4 cm³/mol. The summed E-state index contributed by atoms with van der Waals surface area (Å²) in [6.45, 7) is 0. The van der Waals surface area contributed by atoms with E-state index >= 15 is 0 Å². The first-order valence-corrected chi connectivity index (χ1v) is 7.69. The Kier molecular flexibility index (Phi) is 4.69. The lowest BCUT2D eigenvalue weighted by Gasteiger charge is -2.18. The SMILES string of the molecule is O=P(O)(O)C(N/N=C/c1ccccc1)c1ccccc1. The maximum absolute atomic E-state index is 11.5. The van der Waals surface area contributed by atoms with Gasteiger partial charge in [0, 0.05) is 0 Å². The second-order valence-corrected chi connectivity index (χ2v) is 5.89. The van der Waals surface area contributed by atoms with Gasteiger partial charge in [-0.05, 0) is 11.1 Å². The largest absolute Gasteiger partial charge is 0.353 e. The van der Waals surface area contributed by atoms with Gasteiger partial charge in [0.15, 0.2) is 5.78 Å². The van der Waals surface area contributed by atoms with Gasteiger partial charge < -0.3 is 9.79 Å². The van der Waals surface area contributed by atoms with Crippen LogP contribution in [0.4, 0.5) is 0 Å². The summed E-state index contributed by atoms with van der Waals surface area (Å²) in [5.41, 5.74) is 3.87. The fraction of sp³-hybridized carbons (Fsp3) is 0.0714. The van der Waals surface area contributed by atoms with Crippen LogP contribution in [0, 0.1) is 0 Å². The molecule has 0 heterocycles. The number of hydrogen-bond acceptors (Lipinski definition) is 3. The molecule has 1 atom stereocenters. The van der Waals surface area contributed by atoms with Crippen molar-refractivity contribution in [3.63, 3.8) is 0 Å². The first-order valence-electron chi connectivity index (χ1n) is 6.01. The van der Waals surface area contributed by atoms with Gasteiger partial charge in [0.05, 0.1) is 6.21 Å². The number of benzene rings is 2. The first-order chi connectivity index (χ1) is 9.57. The molecule has 3 N–H and O–H groups in total. The zero-order valence-electron chi connectivity index (χ0n) is 10.6. The third kappa shape index (κ3) is 4.03. The van der Waals surface area contributed by atoms with Gasteiger partial charge in [-0.15, -0.1) is 0 Å². The maximum atomic E-state index is 11.5. The van der Waals surface area contributed by atoms with E-state index < -0.39 is 13.4 Å². The maximum Gasteiger partial charge on any atom is 0.353 e. The Labute approximate surface area is 117 Å². The molecule has 2 aromatic carbocycles. The highest BCUT2D eigenvalue weighted by molar-refractivity contribution is 7.52. The molecule has 0 bridgehead atoms. The molecule has 104 valence electrons. The summed E-state index contributed by atoms with van der Waals surface area (Å²) in [4.78, 5) is 18.8. The Hall–Kier alpha value is -1.94. The van der Waals surface area contributed by atoms with Crippen molar-refractivity contribution in [2.24, 2.45) is 5.10 Å². The monoisotopic (exact) mass is 290 g/mol. The van der Waals surface area contributed by atoms with Crippen LogP contribution in [0.2, 0.25) is 0 Å². The summed E-state index contributed by atoms with van der Waals surface area (Å²) < 4.78 is 11.5. The van der Waals surface area contributed by atoms with Crippen LogP contribution in [0.5, 0.6) is 0 Å². The molecule has 0 fully saturated rings. The molecule has 0 aliphatic rings. The van der Waals surface area contributed by atoms with E-state index in [9.17, 15) is 14.4 Å². The summed E-state index contributed by atoms with van der Waals surface area (Å²) in [5, 5.41) is 3.92. The van der Waals surface area contributed by atoms with E-state index in [1.54, 1.807) is 30.3 Å². The molecule has 0 amide bonds. The lowest BCUT2D eigenvalue weighted by atomic mass is 10.2. The van der Waals surface area contributed by atoms with Crippen molar-refractivity contribution in [1.29, 1.82) is 0 Å². The number of hydrazone groups is 1. The average Bonchev–Trinajstić information content (AvgIpc) is 2.44. The molecule has 0 saturated carbocycles. The van der Waals surface area contributed by atoms with Crippen molar-refractivity contribution in [2.75, 3.05) is 0 Å². The van der Waals surface area contributed by atoms with Gasteiger partial charge in [-0.3, -0.25) is 9.99 Å². The lowest BCUT2D eigenvalue weighted by molar-refractivity contribution is 0.349. The van der Waals surface area contributed by atoms with E-state index in [1.807, 2.05) is 30.3 Å². The highest BCUT2D eigenvalue weighted by Crippen LogP contribution is 2.49. The Balaban J connectivity index is 2.14. The van der Waals surface area contributed by atoms with E-state index in [0.29, 0.717) is 5.56 Å². The Morgan fingerprint density at radius 3 is 2.10 bits per heavy atom. The number of rotatable bonds is 5. The van der Waals surface area contributed by atoms with Gasteiger partial charge in [0.25, 0.3) is 0 Å². The lowest BCUT2D eigenvalue weighted by Crippen LogP contribution is -2.16. The quantitative estimate of drug-likeness (QED) is 0.449. The predicted octanol–water partition coefficient (Wildman–Crippen LogP) is 2.49. The van der Waals surface area contributed by atoms with Crippen LogP contribution in [0.1, 0.15) is 16.9 Å². The van der Waals surface area contributed by atoms with Crippen molar-refractivity contribution in [2.45, 2.75) is 5.78 Å². The summed E-state index contributed by atoms with van der Waals surface area (Å²) >= 11 is 0. The van der Waals surface area contributed by atoms with Gasteiger partial charge in [-0.1, -0.05) is 60.7 Å². The number of hydrogen-bond donors (Lipinski definition) is 3. The van der Waals surface area contributed by atoms with Crippen LogP contribution in [0.3, 0.4) is 0 Å². The van der Waals surface area contributed by atoms with Gasteiger partial charge in [-0.2, -0.15) is 5.10 Å². The second-order valence-electron chi connectivity index (χ2n) is 4.20. The van der Waals surface area contributed by atoms with E-state index in [1.165, 1.54) is 6.21 Å². The molecule has 5 nitrogen and oxygen atoms in total. The molecule has 20 heavy (non-hydrogen) atoms. The minimum Gasteiger partial charge on any atom is -0.323 e. The zero-order chi connectivity index (χ0) is 14.4. The highest BCUT2D eigenvalue weighted by Gasteiger charge is 2.29. The highest BCUT2D eigenvalue weighted by atomic mass is 31.2. The van der Waals surface area contributed by atoms with Gasteiger partial charge >= 0.3 is 7.60 Å². The number of nitrogens with zero attached hydrogens (tertiary/aromatic N) is 1. The minimum atomic E-state index is -4.34. The smallest absolute Gasteiger partial charge is 0.323 e. The molecule has 2 aromatic rings. The second kappa shape index (κ2) is 6.48. The fourth-order valence-corrected chi connectivity index (χ4v) is 2.48. The van der Waals surface area contributed by atoms with Crippen molar-refractivity contribution in [1.82, 2.24) is 5.43 Å². The minimum absolute atomic E-state index is 0.492. The fourth-order valence-electron chi connectivity index (χ4n) is 1.70. The molecule has 2 rings (SSSR count). The molecular formula is C14H15N2O3P. The summed E-state index contributed by atoms with van der Waals surface area (Å²) in [7, 11) is -4.34. The van der Waals surface area contributed by atoms with Crippen LogP contribution in [-0.4, -0.2) is 16.0 Å². The van der Waals surface area contributed by atoms with Crippen LogP contribution >= 0.6 is 7.60 Å². The Morgan fingerprint density at radius 1 is 1.00 bits per heavy atom. The topological polar surface area (TPSA) is 81.9 Å². The third-order valence-corrected chi connectivity index (χ3v) is 3.75. The van der Waals surface area contributed by atoms with Crippen LogP contribution in [0.15, 0.2) is 65.8 Å². The molecule has 0 aliphatic heterocycles. The van der Waals surface area contributed by atoms with Gasteiger partial charge in [0.2, 0.25) is 0 Å². The van der Waals surface area contributed by atoms with Crippen molar-refractivity contribution < 1.29 is 14.4 Å². The Bertz CT molecular complexity index is 611. The van der Waals surface area contributed by atoms with Gasteiger partial charge in [0.1, 0.15) is 0 Å². The van der Waals surface area contributed by atoms with Crippen LogP contribution in [-0.2, 0) is 4.57 Å². The third-order valence-electron chi connectivity index (χ3n) is 2.66. The normalized spacial score (nSPS) is 13.3. The molecule has 0 saturated heterocycles. The molecular weight excluding hydrogens is 275 g/mol. The van der Waals surface area contributed by atoms with E-state index in [0.717, 1.165) is 5.56 Å². The molecule has 0 spiro atoms. The first kappa shape index (κ1) is 14.5. The molecule has 6 heteroatoms. The van der Waals surface area contributed by atoms with E-state index in [4.69, 9.17) is 0 Å².